The molecule has 3 heterocycles. The fourth-order valence-corrected chi connectivity index (χ4v) is 2.15. The quantitative estimate of drug-likeness (QED) is 0.680. The van der Waals surface area contributed by atoms with E-state index in [1.54, 1.807) is 34.3 Å². The first kappa shape index (κ1) is 18.2. The van der Waals surface area contributed by atoms with Crippen LogP contribution < -0.4 is 15.1 Å². The van der Waals surface area contributed by atoms with Gasteiger partial charge >= 0.3 is 0 Å². The van der Waals surface area contributed by atoms with Crippen molar-refractivity contribution in [2.45, 2.75) is 6.54 Å². The van der Waals surface area contributed by atoms with Crippen LogP contribution in [0, 0.1) is 0 Å². The Hall–Kier alpha value is -3.56. The first-order valence-electron chi connectivity index (χ1n) is 8.19. The predicted molar refractivity (Wildman–Crippen MR) is 99.4 cm³/mol. The largest absolute Gasteiger partial charge is 0.355 e. The van der Waals surface area contributed by atoms with E-state index in [1.807, 2.05) is 34.3 Å². The van der Waals surface area contributed by atoms with Crippen LogP contribution >= 0.6 is 0 Å². The summed E-state index contributed by atoms with van der Waals surface area (Å²) in [5, 5.41) is 6.56. The van der Waals surface area contributed by atoms with Gasteiger partial charge in [0, 0.05) is 52.2 Å². The first-order valence-corrected chi connectivity index (χ1v) is 8.19. The Morgan fingerprint density at radius 1 is 1.11 bits per heavy atom. The van der Waals surface area contributed by atoms with Crippen molar-refractivity contribution in [2.24, 2.45) is 0 Å². The van der Waals surface area contributed by atoms with Crippen LogP contribution in [0.3, 0.4) is 0 Å². The zero-order valence-electron chi connectivity index (χ0n) is 15.5. The monoisotopic (exact) mass is 368 g/mol. The maximum Gasteiger partial charge on any atom is 0.273 e. The average molecular weight is 368 g/mol. The van der Waals surface area contributed by atoms with Crippen molar-refractivity contribution in [3.63, 3.8) is 0 Å². The topological polar surface area (TPSA) is 113 Å². The van der Waals surface area contributed by atoms with Gasteiger partial charge in [0.1, 0.15) is 0 Å². The third-order valence-electron chi connectivity index (χ3n) is 3.55. The van der Waals surface area contributed by atoms with Gasteiger partial charge in [-0.2, -0.15) is 15.0 Å². The molecule has 140 valence electrons. The summed E-state index contributed by atoms with van der Waals surface area (Å²) in [6.45, 7) is 0.137. The van der Waals surface area contributed by atoms with Crippen LogP contribution in [0.15, 0.2) is 35.1 Å². The molecule has 10 nitrogen and oxygen atoms in total. The summed E-state index contributed by atoms with van der Waals surface area (Å²) in [5.41, 5.74) is 0.913. The molecule has 3 aromatic heterocycles. The minimum Gasteiger partial charge on any atom is -0.355 e. The van der Waals surface area contributed by atoms with Gasteiger partial charge in [-0.25, -0.2) is 0 Å². The van der Waals surface area contributed by atoms with Crippen molar-refractivity contribution >= 4 is 17.8 Å². The van der Waals surface area contributed by atoms with Gasteiger partial charge in [0.05, 0.1) is 6.54 Å². The summed E-state index contributed by atoms with van der Waals surface area (Å²) in [7, 11) is 7.36. The molecular weight excluding hydrogens is 348 g/mol. The van der Waals surface area contributed by atoms with E-state index in [-0.39, 0.29) is 18.1 Å². The van der Waals surface area contributed by atoms with Crippen LogP contribution in [-0.4, -0.2) is 59.2 Å². The maximum absolute atomic E-state index is 12.4. The molecule has 3 rings (SSSR count). The van der Waals surface area contributed by atoms with Crippen LogP contribution in [0.2, 0.25) is 0 Å². The van der Waals surface area contributed by atoms with E-state index in [1.165, 1.54) is 0 Å². The molecular formula is C17H20N8O2. The molecule has 0 atom stereocenters. The number of nitrogens with zero attached hydrogens (tertiary/aromatic N) is 7. The van der Waals surface area contributed by atoms with Crippen LogP contribution in [0.1, 0.15) is 16.3 Å². The lowest BCUT2D eigenvalue weighted by atomic mass is 10.2. The zero-order chi connectivity index (χ0) is 19.4. The number of amides is 1. The fourth-order valence-electron chi connectivity index (χ4n) is 2.15. The second-order valence-corrected chi connectivity index (χ2v) is 6.14. The van der Waals surface area contributed by atoms with Crippen molar-refractivity contribution < 1.29 is 9.32 Å². The summed E-state index contributed by atoms with van der Waals surface area (Å²) < 4.78 is 5.22. The second kappa shape index (κ2) is 7.77. The van der Waals surface area contributed by atoms with Gasteiger partial charge in [0.15, 0.2) is 17.3 Å². The van der Waals surface area contributed by atoms with Crippen LogP contribution in [-0.2, 0) is 6.54 Å². The maximum atomic E-state index is 12.4. The lowest BCUT2D eigenvalue weighted by Gasteiger charge is -2.16. The lowest BCUT2D eigenvalue weighted by Crippen LogP contribution is -2.26. The first-order chi connectivity index (χ1) is 12.9. The lowest BCUT2D eigenvalue weighted by molar-refractivity contribution is 0.0941. The molecule has 3 aromatic rings. The Morgan fingerprint density at radius 3 is 2.41 bits per heavy atom. The molecule has 0 aliphatic rings. The molecule has 0 saturated carbocycles. The van der Waals surface area contributed by atoms with E-state index in [0.29, 0.717) is 23.5 Å². The second-order valence-electron chi connectivity index (χ2n) is 6.14. The number of carbonyl (C=O) groups excluding carboxylic acids is 1. The van der Waals surface area contributed by atoms with E-state index in [9.17, 15) is 4.79 Å². The van der Waals surface area contributed by atoms with Gasteiger partial charge in [0.2, 0.25) is 11.9 Å². The third kappa shape index (κ3) is 4.35. The molecule has 0 unspecified atom stereocenters. The summed E-state index contributed by atoms with van der Waals surface area (Å²) in [6, 6.07) is 5.17. The Bertz CT molecular complexity index is 897. The summed E-state index contributed by atoms with van der Waals surface area (Å²) in [5.74, 6) is 1.56. The molecule has 1 N–H and O–H groups in total. The molecule has 10 heteroatoms. The van der Waals surface area contributed by atoms with Crippen molar-refractivity contribution in [3.05, 3.63) is 42.1 Å². The molecule has 1 amide bonds. The third-order valence-corrected chi connectivity index (χ3v) is 3.55. The molecule has 0 aliphatic heterocycles. The number of aromatic nitrogens is 5. The van der Waals surface area contributed by atoms with E-state index in [0.717, 1.165) is 5.56 Å². The van der Waals surface area contributed by atoms with Crippen molar-refractivity contribution in [1.82, 2.24) is 30.4 Å². The van der Waals surface area contributed by atoms with Gasteiger partial charge < -0.3 is 19.6 Å². The van der Waals surface area contributed by atoms with Crippen molar-refractivity contribution in [1.29, 1.82) is 0 Å². The molecule has 0 fully saturated rings. The smallest absolute Gasteiger partial charge is 0.273 e. The highest BCUT2D eigenvalue weighted by Crippen LogP contribution is 2.18. The van der Waals surface area contributed by atoms with Gasteiger partial charge in [-0.3, -0.25) is 9.78 Å². The minimum atomic E-state index is -0.382. The molecule has 0 spiro atoms. The minimum absolute atomic E-state index is 0.137. The number of pyridine rings is 1. The number of hydrogen-bond acceptors (Lipinski definition) is 9. The average Bonchev–Trinajstić information content (AvgIpc) is 3.17. The van der Waals surface area contributed by atoms with Crippen LogP contribution in [0.5, 0.6) is 0 Å². The molecule has 0 saturated heterocycles. The Labute approximate surface area is 156 Å². The summed E-state index contributed by atoms with van der Waals surface area (Å²) >= 11 is 0. The number of nitrogens with one attached hydrogen (secondary N) is 1. The normalized spacial score (nSPS) is 10.5. The molecule has 27 heavy (non-hydrogen) atoms. The van der Waals surface area contributed by atoms with E-state index < -0.39 is 0 Å². The van der Waals surface area contributed by atoms with Gasteiger partial charge in [-0.1, -0.05) is 5.16 Å². The predicted octanol–water partition coefficient (Wildman–Crippen LogP) is 0.984. The van der Waals surface area contributed by atoms with Crippen LogP contribution in [0.4, 0.5) is 11.9 Å². The number of carbonyl (C=O) groups is 1. The number of rotatable bonds is 6. The number of hydrogen-bond donors (Lipinski definition) is 1. The Kier molecular flexibility index (Phi) is 5.25. The SMILES string of the molecule is CN(C)c1nc(CNC(=O)c2cc(-c3cccnc3)on2)nc(N(C)C)n1. The summed E-state index contributed by atoms with van der Waals surface area (Å²) in [6.07, 6.45) is 3.30. The molecule has 0 aromatic carbocycles. The fraction of sp³-hybridized carbons (Fsp3) is 0.294. The van der Waals surface area contributed by atoms with Crippen molar-refractivity contribution in [3.8, 4) is 11.3 Å². The van der Waals surface area contributed by atoms with E-state index >= 15 is 0 Å². The molecule has 0 radical (unpaired) electrons. The van der Waals surface area contributed by atoms with Gasteiger partial charge in [-0.15, -0.1) is 0 Å². The van der Waals surface area contributed by atoms with E-state index in [2.05, 4.69) is 30.4 Å². The standard InChI is InChI=1S/C17H20N8O2/c1-24(2)16-20-14(21-17(22-16)25(3)4)10-19-15(26)12-8-13(27-23-12)11-6-5-7-18-9-11/h5-9H,10H2,1-4H3,(H,19,26). The van der Waals surface area contributed by atoms with E-state index in [4.69, 9.17) is 4.52 Å². The Morgan fingerprint density at radius 2 is 1.81 bits per heavy atom. The number of anilines is 2. The van der Waals surface area contributed by atoms with Gasteiger partial charge in [0.25, 0.3) is 5.91 Å². The Balaban J connectivity index is 1.72. The van der Waals surface area contributed by atoms with Crippen molar-refractivity contribution in [2.75, 3.05) is 38.0 Å². The van der Waals surface area contributed by atoms with Crippen LogP contribution in [0.25, 0.3) is 11.3 Å². The summed E-state index contributed by atoms with van der Waals surface area (Å²) in [4.78, 5) is 33.0. The zero-order valence-corrected chi connectivity index (χ0v) is 15.5. The molecule has 0 aliphatic carbocycles. The highest BCUT2D eigenvalue weighted by atomic mass is 16.5. The highest BCUT2D eigenvalue weighted by Gasteiger charge is 2.15. The van der Waals surface area contributed by atoms with Gasteiger partial charge in [-0.05, 0) is 12.1 Å². The highest BCUT2D eigenvalue weighted by molar-refractivity contribution is 5.92. The molecule has 0 bridgehead atoms.